The number of carbonyl (C=O) groups is 2. The maximum absolute atomic E-state index is 11.0. The Hall–Kier alpha value is -0.370. The van der Waals surface area contributed by atoms with E-state index in [1.54, 1.807) is 0 Å². The lowest BCUT2D eigenvalue weighted by atomic mass is 10.3. The Morgan fingerprint density at radius 2 is 1.25 bits per heavy atom. The summed E-state index contributed by atoms with van der Waals surface area (Å²) in [6, 6.07) is 0. The Morgan fingerprint density at radius 1 is 0.833 bits per heavy atom. The summed E-state index contributed by atoms with van der Waals surface area (Å²) in [5.74, 6) is -1.03. The van der Waals surface area contributed by atoms with Crippen LogP contribution in [0, 0.1) is 0 Å². The number of Topliss-reactive ketones (excluding diaryl/α,β-unsaturated/α-hetero) is 1. The lowest BCUT2D eigenvalue weighted by Gasteiger charge is -2.09. The molecule has 9 nitrogen and oxygen atoms in total. The van der Waals surface area contributed by atoms with Crippen LogP contribution in [0.3, 0.4) is 0 Å². The first-order valence-corrected chi connectivity index (χ1v) is 9.09. The molecule has 24 heavy (non-hydrogen) atoms. The molecular formula is C14H26INO8. The molecule has 0 aliphatic rings. The zero-order valence-corrected chi connectivity index (χ0v) is 15.8. The van der Waals surface area contributed by atoms with Crippen LogP contribution in [0.2, 0.25) is 0 Å². The van der Waals surface area contributed by atoms with Gasteiger partial charge >= 0.3 is 5.97 Å². The first-order valence-electron chi connectivity index (χ1n) is 7.56. The lowest BCUT2D eigenvalue weighted by Crippen LogP contribution is -2.34. The molecule has 10 heteroatoms. The predicted molar refractivity (Wildman–Crippen MR) is 93.4 cm³/mol. The van der Waals surface area contributed by atoms with Gasteiger partial charge in [-0.2, -0.15) is 0 Å². The first-order chi connectivity index (χ1) is 11.6. The highest BCUT2D eigenvalue weighted by atomic mass is 127. The largest absolute Gasteiger partial charge is 0.478 e. The van der Waals surface area contributed by atoms with E-state index >= 15 is 0 Å². The second-order valence-corrected chi connectivity index (χ2v) is 5.26. The molecule has 0 aromatic carbocycles. The number of carboxylic acid groups (broad SMARTS) is 1. The minimum atomic E-state index is -1.32. The summed E-state index contributed by atoms with van der Waals surface area (Å²) in [7, 11) is 0. The van der Waals surface area contributed by atoms with Gasteiger partial charge in [-0.3, -0.25) is 10.5 Å². The molecule has 0 bridgehead atoms. The summed E-state index contributed by atoms with van der Waals surface area (Å²) in [5, 5.41) is 8.47. The fraction of sp³-hybridized carbons (Fsp3) is 0.857. The number of hydrogen-bond acceptors (Lipinski definition) is 8. The quantitative estimate of drug-likeness (QED) is 0.123. The van der Waals surface area contributed by atoms with E-state index < -0.39 is 12.2 Å². The molecule has 0 radical (unpaired) electrons. The SMILES string of the molecule is NC(OCCOCCOCCOCCOCCC(=O)CI)C(=O)O. The van der Waals surface area contributed by atoms with Gasteiger partial charge in [0.25, 0.3) is 0 Å². The monoisotopic (exact) mass is 463 g/mol. The van der Waals surface area contributed by atoms with Crippen LogP contribution in [-0.4, -0.2) is 87.0 Å². The van der Waals surface area contributed by atoms with Gasteiger partial charge in [0.2, 0.25) is 6.23 Å². The van der Waals surface area contributed by atoms with Crippen molar-refractivity contribution in [1.29, 1.82) is 0 Å². The third-order valence-corrected chi connectivity index (χ3v) is 3.41. The number of hydrogen-bond donors (Lipinski definition) is 2. The summed E-state index contributed by atoms with van der Waals surface area (Å²) in [6.45, 7) is 3.38. The van der Waals surface area contributed by atoms with E-state index in [9.17, 15) is 9.59 Å². The molecule has 3 N–H and O–H groups in total. The zero-order chi connectivity index (χ0) is 18.0. The number of carboxylic acids is 1. The second kappa shape index (κ2) is 17.5. The van der Waals surface area contributed by atoms with Crippen molar-refractivity contribution in [3.8, 4) is 0 Å². The van der Waals surface area contributed by atoms with Crippen molar-refractivity contribution in [2.45, 2.75) is 12.6 Å². The smallest absolute Gasteiger partial charge is 0.347 e. The molecular weight excluding hydrogens is 437 g/mol. The van der Waals surface area contributed by atoms with E-state index in [-0.39, 0.29) is 19.0 Å². The molecule has 1 unspecified atom stereocenters. The fourth-order valence-corrected chi connectivity index (χ4v) is 1.70. The lowest BCUT2D eigenvalue weighted by molar-refractivity contribution is -0.151. The number of halogens is 1. The normalized spacial score (nSPS) is 12.2. The van der Waals surface area contributed by atoms with Crippen LogP contribution in [-0.2, 0) is 33.3 Å². The number of alkyl halides is 1. The molecule has 0 fully saturated rings. The average Bonchev–Trinajstić information content (AvgIpc) is 2.57. The van der Waals surface area contributed by atoms with Crippen molar-refractivity contribution in [1.82, 2.24) is 0 Å². The van der Waals surface area contributed by atoms with Crippen molar-refractivity contribution in [3.05, 3.63) is 0 Å². The van der Waals surface area contributed by atoms with Gasteiger partial charge in [0.1, 0.15) is 5.78 Å². The molecule has 0 aromatic heterocycles. The third-order valence-electron chi connectivity index (χ3n) is 2.56. The molecule has 0 aliphatic heterocycles. The molecule has 0 rings (SSSR count). The Labute approximate surface area is 155 Å². The van der Waals surface area contributed by atoms with Crippen LogP contribution < -0.4 is 5.73 Å². The van der Waals surface area contributed by atoms with Crippen LogP contribution in [0.4, 0.5) is 0 Å². The Kier molecular flexibility index (Phi) is 17.2. The van der Waals surface area contributed by atoms with E-state index in [0.717, 1.165) is 0 Å². The summed E-state index contributed by atoms with van der Waals surface area (Å²) < 4.78 is 26.3. The van der Waals surface area contributed by atoms with Gasteiger partial charge in [0.05, 0.1) is 63.9 Å². The molecule has 0 heterocycles. The van der Waals surface area contributed by atoms with Gasteiger partial charge in [-0.25, -0.2) is 4.79 Å². The highest BCUT2D eigenvalue weighted by Crippen LogP contribution is 1.91. The van der Waals surface area contributed by atoms with Gasteiger partial charge in [-0.05, 0) is 0 Å². The minimum Gasteiger partial charge on any atom is -0.478 e. The maximum Gasteiger partial charge on any atom is 0.347 e. The van der Waals surface area contributed by atoms with E-state index in [4.69, 9.17) is 34.5 Å². The molecule has 142 valence electrons. The molecule has 0 aromatic rings. The summed E-state index contributed by atoms with van der Waals surface area (Å²) in [4.78, 5) is 21.4. The van der Waals surface area contributed by atoms with Gasteiger partial charge in [-0.15, -0.1) is 0 Å². The van der Waals surface area contributed by atoms with Crippen molar-refractivity contribution in [2.24, 2.45) is 5.73 Å². The summed E-state index contributed by atoms with van der Waals surface area (Å²) >= 11 is 2.03. The van der Waals surface area contributed by atoms with Crippen LogP contribution >= 0.6 is 22.6 Å². The molecule has 0 saturated carbocycles. The fourth-order valence-electron chi connectivity index (χ4n) is 1.32. The van der Waals surface area contributed by atoms with Crippen LogP contribution in [0.15, 0.2) is 0 Å². The average molecular weight is 463 g/mol. The summed E-state index contributed by atoms with van der Waals surface area (Å²) in [6.07, 6.45) is -0.878. The topological polar surface area (TPSA) is 127 Å². The highest BCUT2D eigenvalue weighted by molar-refractivity contribution is 14.1. The number of rotatable bonds is 18. The van der Waals surface area contributed by atoms with Crippen LogP contribution in [0.1, 0.15) is 6.42 Å². The zero-order valence-electron chi connectivity index (χ0n) is 13.6. The van der Waals surface area contributed by atoms with Crippen LogP contribution in [0.5, 0.6) is 0 Å². The first kappa shape index (κ1) is 23.6. The van der Waals surface area contributed by atoms with Crippen molar-refractivity contribution in [3.63, 3.8) is 0 Å². The standard InChI is InChI=1S/C14H26INO8/c15-11-12(17)1-2-20-3-4-21-5-6-22-7-8-23-9-10-24-13(16)14(18)19/h13H,1-11,16H2,(H,18,19). The third kappa shape index (κ3) is 16.5. The Bertz CT molecular complexity index is 332. The van der Waals surface area contributed by atoms with Gasteiger partial charge in [0.15, 0.2) is 0 Å². The van der Waals surface area contributed by atoms with E-state index in [1.807, 2.05) is 22.6 Å². The van der Waals surface area contributed by atoms with E-state index in [0.29, 0.717) is 57.1 Å². The molecule has 0 saturated heterocycles. The molecule has 0 aliphatic carbocycles. The predicted octanol–water partition coefficient (Wildman–Crippen LogP) is -0.167. The number of nitrogens with two attached hydrogens (primary N) is 1. The van der Waals surface area contributed by atoms with Crippen molar-refractivity contribution < 1.29 is 38.4 Å². The summed E-state index contributed by atoms with van der Waals surface area (Å²) in [5.41, 5.74) is 5.14. The second-order valence-electron chi connectivity index (χ2n) is 4.50. The van der Waals surface area contributed by atoms with E-state index in [2.05, 4.69) is 0 Å². The number of ether oxygens (including phenoxy) is 5. The maximum atomic E-state index is 11.0. The molecule has 0 amide bonds. The minimum absolute atomic E-state index is 0.111. The Morgan fingerprint density at radius 3 is 1.67 bits per heavy atom. The van der Waals surface area contributed by atoms with Gasteiger partial charge in [0, 0.05) is 6.42 Å². The van der Waals surface area contributed by atoms with Gasteiger partial charge < -0.3 is 28.8 Å². The molecule has 0 spiro atoms. The van der Waals surface area contributed by atoms with Crippen molar-refractivity contribution >= 4 is 34.3 Å². The van der Waals surface area contributed by atoms with Crippen molar-refractivity contribution in [2.75, 3.05) is 63.9 Å². The number of aliphatic carboxylic acids is 1. The Balaban J connectivity index is 3.10. The van der Waals surface area contributed by atoms with Gasteiger partial charge in [-0.1, -0.05) is 22.6 Å². The van der Waals surface area contributed by atoms with Crippen LogP contribution in [0.25, 0.3) is 0 Å². The molecule has 1 atom stereocenters. The van der Waals surface area contributed by atoms with E-state index in [1.165, 1.54) is 0 Å². The number of ketones is 1. The number of carbonyl (C=O) groups excluding carboxylic acids is 1. The highest BCUT2D eigenvalue weighted by Gasteiger charge is 2.10.